The van der Waals surface area contributed by atoms with Crippen molar-refractivity contribution in [3.05, 3.63) is 72.3 Å². The number of nitrogens with one attached hydrogen (secondary N) is 2. The van der Waals surface area contributed by atoms with Gasteiger partial charge >= 0.3 is 12.2 Å². The van der Waals surface area contributed by atoms with Crippen LogP contribution >= 0.6 is 0 Å². The maximum atomic E-state index is 13.6. The minimum absolute atomic E-state index is 0.0654. The van der Waals surface area contributed by atoms with Crippen LogP contribution in [0.3, 0.4) is 0 Å². The van der Waals surface area contributed by atoms with Crippen molar-refractivity contribution in [1.82, 2.24) is 10.2 Å². The molecular weight excluding hydrogens is 649 g/mol. The Bertz CT molecular complexity index is 1510. The number of ether oxygens (including phenoxy) is 3. The Morgan fingerprint density at radius 3 is 2.18 bits per heavy atom. The molecule has 3 amide bonds. The Hall–Kier alpha value is -4.45. The van der Waals surface area contributed by atoms with E-state index in [0.717, 1.165) is 50.2 Å². The Balaban J connectivity index is 1.42. The summed E-state index contributed by atoms with van der Waals surface area (Å²) >= 11 is 0. The number of halogens is 3. The highest BCUT2D eigenvalue weighted by Crippen LogP contribution is 2.35. The SMILES string of the molecule is CCCCN1CCC(Oc2ccc(C(=O)N(CCC(F)(F)F)c3ccc(Oc4ccc(NC(=O)NC(CC)CC)cc4OC)cc3)cc2)CC1. The summed E-state index contributed by atoms with van der Waals surface area (Å²) in [7, 11) is 1.47. The van der Waals surface area contributed by atoms with E-state index in [9.17, 15) is 22.8 Å². The van der Waals surface area contributed by atoms with Crippen LogP contribution in [0, 0.1) is 0 Å². The molecule has 0 unspecified atom stereocenters. The van der Waals surface area contributed by atoms with Crippen molar-refractivity contribution in [2.75, 3.05) is 43.5 Å². The number of piperidine rings is 1. The predicted molar refractivity (Wildman–Crippen MR) is 190 cm³/mol. The van der Waals surface area contributed by atoms with Crippen LogP contribution in [-0.2, 0) is 0 Å². The zero-order valence-electron chi connectivity index (χ0n) is 29.4. The standard InChI is InChI=1S/C38H49F3N4O5/c1-5-8-22-44-23-19-33(20-24-44)49-31-14-9-27(10-15-31)36(46)45(25-21-38(39,40)41)30-12-16-32(17-13-30)50-34-18-11-29(26-35(34)48-4)43-37(47)42-28(6-2)7-3/h9-18,26,28,33H,5-8,19-25H2,1-4H3,(H2,42,43,47). The van der Waals surface area contributed by atoms with Crippen molar-refractivity contribution in [3.8, 4) is 23.0 Å². The van der Waals surface area contributed by atoms with Crippen molar-refractivity contribution < 1.29 is 37.0 Å². The van der Waals surface area contributed by atoms with E-state index in [4.69, 9.17) is 14.2 Å². The van der Waals surface area contributed by atoms with E-state index in [1.165, 1.54) is 20.0 Å². The predicted octanol–water partition coefficient (Wildman–Crippen LogP) is 9.04. The topological polar surface area (TPSA) is 92.4 Å². The molecule has 12 heteroatoms. The van der Waals surface area contributed by atoms with E-state index < -0.39 is 25.0 Å². The maximum Gasteiger partial charge on any atom is 0.390 e. The van der Waals surface area contributed by atoms with Crippen LogP contribution in [0.25, 0.3) is 0 Å². The van der Waals surface area contributed by atoms with Crippen LogP contribution < -0.4 is 29.7 Å². The minimum Gasteiger partial charge on any atom is -0.493 e. The van der Waals surface area contributed by atoms with Gasteiger partial charge in [0.1, 0.15) is 17.6 Å². The van der Waals surface area contributed by atoms with Gasteiger partial charge in [0.25, 0.3) is 5.91 Å². The van der Waals surface area contributed by atoms with Gasteiger partial charge < -0.3 is 34.6 Å². The lowest BCUT2D eigenvalue weighted by molar-refractivity contribution is -0.132. The molecule has 1 heterocycles. The van der Waals surface area contributed by atoms with E-state index in [-0.39, 0.29) is 29.4 Å². The highest BCUT2D eigenvalue weighted by molar-refractivity contribution is 6.06. The fraction of sp³-hybridized carbons (Fsp3) is 0.474. The van der Waals surface area contributed by atoms with Gasteiger partial charge in [-0.15, -0.1) is 0 Å². The molecule has 0 atom stereocenters. The Morgan fingerprint density at radius 2 is 1.58 bits per heavy atom. The first-order valence-electron chi connectivity index (χ1n) is 17.4. The lowest BCUT2D eigenvalue weighted by atomic mass is 10.1. The number of carbonyl (C=O) groups excluding carboxylic acids is 2. The van der Waals surface area contributed by atoms with Crippen molar-refractivity contribution >= 4 is 23.3 Å². The number of urea groups is 1. The smallest absolute Gasteiger partial charge is 0.390 e. The second-order valence-electron chi connectivity index (χ2n) is 12.4. The molecular formula is C38H49F3N4O5. The number of likely N-dealkylation sites (tertiary alicyclic amines) is 1. The first kappa shape index (κ1) is 38.4. The van der Waals surface area contributed by atoms with E-state index in [1.54, 1.807) is 66.7 Å². The first-order valence-corrected chi connectivity index (χ1v) is 17.4. The Kier molecular flexibility index (Phi) is 14.2. The maximum absolute atomic E-state index is 13.6. The summed E-state index contributed by atoms with van der Waals surface area (Å²) in [6, 6.07) is 17.5. The van der Waals surface area contributed by atoms with Crippen molar-refractivity contribution in [1.29, 1.82) is 0 Å². The second kappa shape index (κ2) is 18.5. The van der Waals surface area contributed by atoms with Crippen molar-refractivity contribution in [3.63, 3.8) is 0 Å². The lowest BCUT2D eigenvalue weighted by Gasteiger charge is -2.32. The molecule has 272 valence electrons. The van der Waals surface area contributed by atoms with Gasteiger partial charge in [-0.25, -0.2) is 4.79 Å². The fourth-order valence-corrected chi connectivity index (χ4v) is 5.74. The molecule has 0 aromatic heterocycles. The summed E-state index contributed by atoms with van der Waals surface area (Å²) < 4.78 is 57.5. The minimum atomic E-state index is -4.45. The third-order valence-corrected chi connectivity index (χ3v) is 8.75. The number of alkyl halides is 3. The van der Waals surface area contributed by atoms with Gasteiger partial charge in [-0.3, -0.25) is 4.79 Å². The average Bonchev–Trinajstić information content (AvgIpc) is 3.11. The molecule has 0 radical (unpaired) electrons. The van der Waals surface area contributed by atoms with Gasteiger partial charge in [0.05, 0.1) is 13.5 Å². The van der Waals surface area contributed by atoms with Gasteiger partial charge in [-0.2, -0.15) is 13.2 Å². The molecule has 1 fully saturated rings. The van der Waals surface area contributed by atoms with E-state index >= 15 is 0 Å². The third kappa shape index (κ3) is 11.6. The molecule has 0 aliphatic carbocycles. The molecule has 9 nitrogen and oxygen atoms in total. The van der Waals surface area contributed by atoms with Gasteiger partial charge in [-0.05, 0) is 99.3 Å². The highest BCUT2D eigenvalue weighted by atomic mass is 19.4. The van der Waals surface area contributed by atoms with Crippen LogP contribution in [0.2, 0.25) is 0 Å². The number of unbranched alkanes of at least 4 members (excludes halogenated alkanes) is 1. The normalized spacial score (nSPS) is 13.9. The molecule has 3 aromatic carbocycles. The number of anilines is 2. The Morgan fingerprint density at radius 1 is 0.920 bits per heavy atom. The van der Waals surface area contributed by atoms with Crippen LogP contribution in [0.1, 0.15) is 76.1 Å². The van der Waals surface area contributed by atoms with Gasteiger partial charge in [0.2, 0.25) is 0 Å². The summed E-state index contributed by atoms with van der Waals surface area (Å²) in [5.74, 6) is 1.17. The highest BCUT2D eigenvalue weighted by Gasteiger charge is 2.30. The largest absolute Gasteiger partial charge is 0.493 e. The van der Waals surface area contributed by atoms with E-state index in [0.29, 0.717) is 28.7 Å². The fourth-order valence-electron chi connectivity index (χ4n) is 5.74. The quantitative estimate of drug-likeness (QED) is 0.155. The molecule has 1 saturated heterocycles. The second-order valence-corrected chi connectivity index (χ2v) is 12.4. The number of carbonyl (C=O) groups is 2. The molecule has 2 N–H and O–H groups in total. The molecule has 1 aliphatic rings. The number of nitrogens with zero attached hydrogens (tertiary/aromatic N) is 2. The van der Waals surface area contributed by atoms with Crippen LogP contribution in [0.5, 0.6) is 23.0 Å². The van der Waals surface area contributed by atoms with Gasteiger partial charge in [0, 0.05) is 48.7 Å². The summed E-state index contributed by atoms with van der Waals surface area (Å²) in [6.45, 7) is 8.70. The first-order chi connectivity index (χ1) is 24.0. The Labute approximate surface area is 293 Å². The molecule has 0 saturated carbocycles. The van der Waals surface area contributed by atoms with Crippen LogP contribution in [-0.4, -0.2) is 68.4 Å². The van der Waals surface area contributed by atoms with E-state index in [2.05, 4.69) is 22.5 Å². The zero-order chi connectivity index (χ0) is 36.1. The van der Waals surface area contributed by atoms with Crippen LogP contribution in [0.15, 0.2) is 66.7 Å². The number of benzene rings is 3. The molecule has 3 aromatic rings. The molecule has 0 spiro atoms. The number of amides is 3. The number of rotatable bonds is 16. The van der Waals surface area contributed by atoms with Crippen molar-refractivity contribution in [2.45, 2.75) is 84.0 Å². The lowest BCUT2D eigenvalue weighted by Crippen LogP contribution is -2.38. The summed E-state index contributed by atoms with van der Waals surface area (Å²) in [6.07, 6.45) is 0.287. The molecule has 1 aliphatic heterocycles. The third-order valence-electron chi connectivity index (χ3n) is 8.75. The molecule has 4 rings (SSSR count). The zero-order valence-corrected chi connectivity index (χ0v) is 29.4. The summed E-state index contributed by atoms with van der Waals surface area (Å²) in [5.41, 5.74) is 1.05. The van der Waals surface area contributed by atoms with E-state index in [1.807, 2.05) is 13.8 Å². The number of methoxy groups -OCH3 is 1. The van der Waals surface area contributed by atoms with Gasteiger partial charge in [0.15, 0.2) is 11.5 Å². The molecule has 50 heavy (non-hydrogen) atoms. The average molecular weight is 699 g/mol. The number of hydrogen-bond acceptors (Lipinski definition) is 6. The number of hydrogen-bond donors (Lipinski definition) is 2. The summed E-state index contributed by atoms with van der Waals surface area (Å²) in [4.78, 5) is 29.5. The molecule has 0 bridgehead atoms. The van der Waals surface area contributed by atoms with Crippen molar-refractivity contribution in [2.24, 2.45) is 0 Å². The summed E-state index contributed by atoms with van der Waals surface area (Å²) in [5, 5.41) is 5.70. The monoisotopic (exact) mass is 698 g/mol. The van der Waals surface area contributed by atoms with Gasteiger partial charge in [-0.1, -0.05) is 27.2 Å². The van der Waals surface area contributed by atoms with Crippen LogP contribution in [0.4, 0.5) is 29.3 Å².